The van der Waals surface area contributed by atoms with E-state index in [1.54, 1.807) is 0 Å². The summed E-state index contributed by atoms with van der Waals surface area (Å²) in [4.78, 5) is 5.02. The van der Waals surface area contributed by atoms with Crippen LogP contribution in [0, 0.1) is 5.92 Å². The fourth-order valence-corrected chi connectivity index (χ4v) is 2.92. The molecule has 0 bridgehead atoms. The van der Waals surface area contributed by atoms with E-state index in [-0.39, 0.29) is 0 Å². The standard InChI is InChI=1S/C12H25N3/c1-14(2)12-4-3-5-15(9-12)8-10-6-11(13)7-10/h10-12H,3-9,13H2,1-2H3. The second kappa shape index (κ2) is 4.81. The first-order valence-corrected chi connectivity index (χ1v) is 6.29. The van der Waals surface area contributed by atoms with Crippen molar-refractivity contribution in [2.24, 2.45) is 11.7 Å². The molecule has 3 nitrogen and oxygen atoms in total. The zero-order chi connectivity index (χ0) is 10.8. The highest BCUT2D eigenvalue weighted by atomic mass is 15.2. The van der Waals surface area contributed by atoms with Gasteiger partial charge in [0.1, 0.15) is 0 Å². The monoisotopic (exact) mass is 211 g/mol. The number of rotatable bonds is 3. The van der Waals surface area contributed by atoms with E-state index < -0.39 is 0 Å². The SMILES string of the molecule is CN(C)C1CCCN(CC2CC(N)C2)C1. The molecule has 0 aromatic carbocycles. The van der Waals surface area contributed by atoms with Crippen LogP contribution in [-0.4, -0.2) is 55.6 Å². The third kappa shape index (κ3) is 2.92. The summed E-state index contributed by atoms with van der Waals surface area (Å²) >= 11 is 0. The van der Waals surface area contributed by atoms with Crippen LogP contribution in [0.3, 0.4) is 0 Å². The Labute approximate surface area is 93.6 Å². The maximum absolute atomic E-state index is 5.82. The lowest BCUT2D eigenvalue weighted by molar-refractivity contribution is 0.0944. The minimum absolute atomic E-state index is 0.504. The highest BCUT2D eigenvalue weighted by Gasteiger charge is 2.29. The normalized spacial score (nSPS) is 38.0. The number of piperidine rings is 1. The van der Waals surface area contributed by atoms with Crippen molar-refractivity contribution >= 4 is 0 Å². The molecule has 1 saturated carbocycles. The number of hydrogen-bond donors (Lipinski definition) is 1. The lowest BCUT2D eigenvalue weighted by Crippen LogP contribution is -2.49. The Kier molecular flexibility index (Phi) is 3.65. The van der Waals surface area contributed by atoms with Gasteiger partial charge in [-0.3, -0.25) is 0 Å². The summed E-state index contributed by atoms with van der Waals surface area (Å²) in [6.07, 6.45) is 5.24. The first-order chi connectivity index (χ1) is 7.15. The van der Waals surface area contributed by atoms with E-state index in [4.69, 9.17) is 5.73 Å². The molecular formula is C12H25N3. The van der Waals surface area contributed by atoms with Gasteiger partial charge in [-0.2, -0.15) is 0 Å². The maximum Gasteiger partial charge on any atom is 0.0217 e. The lowest BCUT2D eigenvalue weighted by atomic mass is 9.80. The summed E-state index contributed by atoms with van der Waals surface area (Å²) in [5, 5.41) is 0. The third-order valence-corrected chi connectivity index (χ3v) is 4.00. The molecule has 0 amide bonds. The van der Waals surface area contributed by atoms with Crippen molar-refractivity contribution < 1.29 is 0 Å². The average molecular weight is 211 g/mol. The van der Waals surface area contributed by atoms with Crippen molar-refractivity contribution in [2.75, 3.05) is 33.7 Å². The smallest absolute Gasteiger partial charge is 0.0217 e. The Morgan fingerprint density at radius 3 is 2.67 bits per heavy atom. The molecule has 1 aliphatic heterocycles. The van der Waals surface area contributed by atoms with Crippen LogP contribution < -0.4 is 5.73 Å². The van der Waals surface area contributed by atoms with Crippen LogP contribution >= 0.6 is 0 Å². The van der Waals surface area contributed by atoms with E-state index >= 15 is 0 Å². The van der Waals surface area contributed by atoms with Gasteiger partial charge in [-0.1, -0.05) is 0 Å². The van der Waals surface area contributed by atoms with Crippen LogP contribution in [0.1, 0.15) is 25.7 Å². The molecule has 0 aromatic rings. The minimum Gasteiger partial charge on any atom is -0.328 e. The van der Waals surface area contributed by atoms with Crippen molar-refractivity contribution in [3.05, 3.63) is 0 Å². The molecule has 2 N–H and O–H groups in total. The van der Waals surface area contributed by atoms with Gasteiger partial charge in [-0.15, -0.1) is 0 Å². The summed E-state index contributed by atoms with van der Waals surface area (Å²) in [6.45, 7) is 3.85. The fourth-order valence-electron chi connectivity index (χ4n) is 2.92. The van der Waals surface area contributed by atoms with Gasteiger partial charge in [0.2, 0.25) is 0 Å². The molecule has 3 heteroatoms. The second-order valence-electron chi connectivity index (χ2n) is 5.62. The Morgan fingerprint density at radius 2 is 2.07 bits per heavy atom. The highest BCUT2D eigenvalue weighted by Crippen LogP contribution is 2.27. The molecule has 2 rings (SSSR count). The van der Waals surface area contributed by atoms with Crippen LogP contribution in [-0.2, 0) is 0 Å². The van der Waals surface area contributed by atoms with Crippen molar-refractivity contribution in [3.8, 4) is 0 Å². The van der Waals surface area contributed by atoms with E-state index in [2.05, 4.69) is 23.9 Å². The van der Waals surface area contributed by atoms with Crippen molar-refractivity contribution in [1.82, 2.24) is 9.80 Å². The first-order valence-electron chi connectivity index (χ1n) is 6.29. The first kappa shape index (κ1) is 11.4. The zero-order valence-corrected chi connectivity index (χ0v) is 10.2. The number of likely N-dealkylation sites (N-methyl/N-ethyl adjacent to an activating group) is 1. The molecule has 0 spiro atoms. The van der Waals surface area contributed by atoms with Crippen LogP contribution in [0.4, 0.5) is 0 Å². The molecule has 0 radical (unpaired) electrons. The number of nitrogens with two attached hydrogens (primary N) is 1. The number of hydrogen-bond acceptors (Lipinski definition) is 3. The topological polar surface area (TPSA) is 32.5 Å². The van der Waals surface area contributed by atoms with Crippen LogP contribution in [0.25, 0.3) is 0 Å². The summed E-state index contributed by atoms with van der Waals surface area (Å²) in [5.41, 5.74) is 5.82. The quantitative estimate of drug-likeness (QED) is 0.748. The molecule has 2 aliphatic rings. The molecule has 1 heterocycles. The molecule has 1 atom stereocenters. The molecule has 15 heavy (non-hydrogen) atoms. The van der Waals surface area contributed by atoms with Gasteiger partial charge in [0.15, 0.2) is 0 Å². The molecular weight excluding hydrogens is 186 g/mol. The van der Waals surface area contributed by atoms with Crippen LogP contribution in [0.5, 0.6) is 0 Å². The Bertz CT molecular complexity index is 199. The van der Waals surface area contributed by atoms with Crippen molar-refractivity contribution in [2.45, 2.75) is 37.8 Å². The Hall–Kier alpha value is -0.120. The van der Waals surface area contributed by atoms with E-state index in [9.17, 15) is 0 Å². The van der Waals surface area contributed by atoms with Crippen LogP contribution in [0.2, 0.25) is 0 Å². The van der Waals surface area contributed by atoms with Gasteiger partial charge in [-0.05, 0) is 52.2 Å². The summed E-state index contributed by atoms with van der Waals surface area (Å²) in [6, 6.07) is 1.27. The largest absolute Gasteiger partial charge is 0.328 e. The molecule has 0 aromatic heterocycles. The lowest BCUT2D eigenvalue weighted by Gasteiger charge is -2.41. The number of nitrogens with zero attached hydrogens (tertiary/aromatic N) is 2. The minimum atomic E-state index is 0.504. The fraction of sp³-hybridized carbons (Fsp3) is 1.00. The van der Waals surface area contributed by atoms with Crippen LogP contribution in [0.15, 0.2) is 0 Å². The average Bonchev–Trinajstić information content (AvgIpc) is 2.16. The molecule has 1 saturated heterocycles. The van der Waals surface area contributed by atoms with E-state index in [1.807, 2.05) is 0 Å². The summed E-state index contributed by atoms with van der Waals surface area (Å²) < 4.78 is 0. The van der Waals surface area contributed by atoms with E-state index in [0.29, 0.717) is 6.04 Å². The van der Waals surface area contributed by atoms with Gasteiger partial charge < -0.3 is 15.5 Å². The Morgan fingerprint density at radius 1 is 1.33 bits per heavy atom. The predicted molar refractivity (Wildman–Crippen MR) is 63.8 cm³/mol. The van der Waals surface area contributed by atoms with Gasteiger partial charge in [0.25, 0.3) is 0 Å². The highest BCUT2D eigenvalue weighted by molar-refractivity contribution is 4.86. The van der Waals surface area contributed by atoms with Gasteiger partial charge in [0.05, 0.1) is 0 Å². The van der Waals surface area contributed by atoms with Gasteiger partial charge >= 0.3 is 0 Å². The molecule has 1 unspecified atom stereocenters. The molecule has 88 valence electrons. The van der Waals surface area contributed by atoms with Crippen molar-refractivity contribution in [3.63, 3.8) is 0 Å². The van der Waals surface area contributed by atoms with Gasteiger partial charge in [0, 0.05) is 25.2 Å². The third-order valence-electron chi connectivity index (χ3n) is 4.00. The predicted octanol–water partition coefficient (Wildman–Crippen LogP) is 0.750. The zero-order valence-electron chi connectivity index (χ0n) is 10.2. The summed E-state index contributed by atoms with van der Waals surface area (Å²) in [7, 11) is 4.40. The molecule has 1 aliphatic carbocycles. The maximum atomic E-state index is 5.82. The van der Waals surface area contributed by atoms with E-state index in [0.717, 1.165) is 12.0 Å². The number of likely N-dealkylation sites (tertiary alicyclic amines) is 1. The Balaban J connectivity index is 1.73. The van der Waals surface area contributed by atoms with Crippen molar-refractivity contribution in [1.29, 1.82) is 0 Å². The van der Waals surface area contributed by atoms with Gasteiger partial charge in [-0.25, -0.2) is 0 Å². The molecule has 2 fully saturated rings. The summed E-state index contributed by atoms with van der Waals surface area (Å²) in [5.74, 6) is 0.890. The van der Waals surface area contributed by atoms with E-state index in [1.165, 1.54) is 45.3 Å². The second-order valence-corrected chi connectivity index (χ2v) is 5.62.